The number of hydrogen-bond donors (Lipinski definition) is 1. The molecular weight excluding hydrogens is 182 g/mol. The van der Waals surface area contributed by atoms with Gasteiger partial charge in [0.25, 0.3) is 0 Å². The predicted molar refractivity (Wildman–Crippen MR) is 57.1 cm³/mol. The molecule has 2 nitrogen and oxygen atoms in total. The highest BCUT2D eigenvalue weighted by Crippen LogP contribution is 2.52. The summed E-state index contributed by atoms with van der Waals surface area (Å²) in [5.41, 5.74) is 0.815. The summed E-state index contributed by atoms with van der Waals surface area (Å²) in [6, 6.07) is 0. The van der Waals surface area contributed by atoms with Crippen molar-refractivity contribution in [1.29, 1.82) is 0 Å². The first-order valence-corrected chi connectivity index (χ1v) is 6.41. The van der Waals surface area contributed by atoms with Crippen LogP contribution in [0.4, 0.5) is 0 Å². The summed E-state index contributed by atoms with van der Waals surface area (Å²) in [6.07, 6.45) is 3.93. The Morgan fingerprint density at radius 3 is 2.62 bits per heavy atom. The third-order valence-corrected chi connectivity index (χ3v) is 4.12. The van der Waals surface area contributed by atoms with Crippen molar-refractivity contribution in [2.24, 2.45) is 5.41 Å². The standard InChI is InChI=1S/C10H19NOS/c12-5-1-6-13-7-4-11-8-10(9-11)2-3-10/h12H,1-9H2. The summed E-state index contributed by atoms with van der Waals surface area (Å²) in [5, 5.41) is 8.59. The molecule has 1 aliphatic carbocycles. The maximum absolute atomic E-state index is 8.59. The number of rotatable bonds is 6. The first kappa shape index (κ1) is 9.81. The molecule has 76 valence electrons. The van der Waals surface area contributed by atoms with Crippen molar-refractivity contribution in [3.05, 3.63) is 0 Å². The normalized spacial score (nSPS) is 24.7. The van der Waals surface area contributed by atoms with E-state index >= 15 is 0 Å². The molecule has 0 aromatic rings. The van der Waals surface area contributed by atoms with Crippen LogP contribution in [0.5, 0.6) is 0 Å². The van der Waals surface area contributed by atoms with Gasteiger partial charge in [-0.2, -0.15) is 11.8 Å². The molecule has 3 heteroatoms. The Morgan fingerprint density at radius 2 is 2.00 bits per heavy atom. The maximum Gasteiger partial charge on any atom is 0.0438 e. The quantitative estimate of drug-likeness (QED) is 0.653. The van der Waals surface area contributed by atoms with Gasteiger partial charge in [-0.25, -0.2) is 0 Å². The molecule has 2 aliphatic rings. The van der Waals surface area contributed by atoms with Gasteiger partial charge in [0, 0.05) is 32.0 Å². The van der Waals surface area contributed by atoms with E-state index in [1.54, 1.807) is 0 Å². The Balaban J connectivity index is 1.41. The molecule has 0 amide bonds. The molecule has 0 radical (unpaired) electrons. The molecule has 13 heavy (non-hydrogen) atoms. The van der Waals surface area contributed by atoms with Crippen molar-refractivity contribution < 1.29 is 5.11 Å². The minimum Gasteiger partial charge on any atom is -0.396 e. The van der Waals surface area contributed by atoms with Crippen molar-refractivity contribution in [3.63, 3.8) is 0 Å². The number of nitrogens with zero attached hydrogens (tertiary/aromatic N) is 1. The third kappa shape index (κ3) is 2.61. The largest absolute Gasteiger partial charge is 0.396 e. The Labute approximate surface area is 84.7 Å². The molecule has 1 saturated carbocycles. The summed E-state index contributed by atoms with van der Waals surface area (Å²) in [4.78, 5) is 2.57. The topological polar surface area (TPSA) is 23.5 Å². The van der Waals surface area contributed by atoms with Gasteiger partial charge in [0.1, 0.15) is 0 Å². The van der Waals surface area contributed by atoms with E-state index in [2.05, 4.69) is 4.90 Å². The lowest BCUT2D eigenvalue weighted by atomic mass is 9.97. The van der Waals surface area contributed by atoms with Gasteiger partial charge >= 0.3 is 0 Å². The Hall–Kier alpha value is 0.270. The van der Waals surface area contributed by atoms with E-state index in [0.717, 1.165) is 17.6 Å². The molecule has 1 heterocycles. The van der Waals surface area contributed by atoms with Crippen LogP contribution in [-0.2, 0) is 0 Å². The summed E-state index contributed by atoms with van der Waals surface area (Å²) >= 11 is 1.97. The number of likely N-dealkylation sites (tertiary alicyclic amines) is 1. The molecule has 0 unspecified atom stereocenters. The highest BCUT2D eigenvalue weighted by Gasteiger charge is 2.51. The summed E-state index contributed by atoms with van der Waals surface area (Å²) in [7, 11) is 0. The highest BCUT2D eigenvalue weighted by atomic mass is 32.2. The van der Waals surface area contributed by atoms with Crippen LogP contribution in [0.3, 0.4) is 0 Å². The van der Waals surface area contributed by atoms with Crippen molar-refractivity contribution in [2.75, 3.05) is 37.7 Å². The Kier molecular flexibility index (Phi) is 3.17. The molecule has 0 aromatic carbocycles. The van der Waals surface area contributed by atoms with Crippen molar-refractivity contribution in [1.82, 2.24) is 4.90 Å². The van der Waals surface area contributed by atoms with E-state index < -0.39 is 0 Å². The number of hydrogen-bond acceptors (Lipinski definition) is 3. The average Bonchev–Trinajstić information content (AvgIpc) is 2.82. The fourth-order valence-corrected chi connectivity index (χ4v) is 2.94. The lowest BCUT2D eigenvalue weighted by molar-refractivity contribution is 0.0898. The SMILES string of the molecule is OCCCSCCN1CC2(CC2)C1. The van der Waals surface area contributed by atoms with Crippen molar-refractivity contribution in [2.45, 2.75) is 19.3 Å². The van der Waals surface area contributed by atoms with Crippen molar-refractivity contribution in [3.8, 4) is 0 Å². The molecule has 1 spiro atoms. The summed E-state index contributed by atoms with van der Waals surface area (Å²) in [6.45, 7) is 4.35. The molecule has 0 atom stereocenters. The fourth-order valence-electron chi connectivity index (χ4n) is 2.02. The number of aliphatic hydroxyl groups excluding tert-OH is 1. The van der Waals surface area contributed by atoms with Crippen LogP contribution in [0, 0.1) is 5.41 Å². The summed E-state index contributed by atoms with van der Waals surface area (Å²) in [5.74, 6) is 2.37. The second kappa shape index (κ2) is 4.20. The molecule has 2 rings (SSSR count). The van der Waals surface area contributed by atoms with Gasteiger partial charge in [0.05, 0.1) is 0 Å². The van der Waals surface area contributed by atoms with E-state index in [1.807, 2.05) is 11.8 Å². The van der Waals surface area contributed by atoms with Crippen LogP contribution in [-0.4, -0.2) is 47.8 Å². The zero-order valence-electron chi connectivity index (χ0n) is 8.17. The second-order valence-electron chi connectivity index (χ2n) is 4.40. The molecule has 0 bridgehead atoms. The minimum atomic E-state index is 0.347. The third-order valence-electron chi connectivity index (χ3n) is 3.07. The van der Waals surface area contributed by atoms with Crippen LogP contribution < -0.4 is 0 Å². The lowest BCUT2D eigenvalue weighted by Crippen LogP contribution is -2.49. The monoisotopic (exact) mass is 201 g/mol. The molecule has 1 N–H and O–H groups in total. The second-order valence-corrected chi connectivity index (χ2v) is 5.62. The number of thioether (sulfide) groups is 1. The lowest BCUT2D eigenvalue weighted by Gasteiger charge is -2.39. The predicted octanol–water partition coefficient (Wildman–Crippen LogP) is 1.20. The molecular formula is C10H19NOS. The van der Waals surface area contributed by atoms with Gasteiger partial charge in [-0.1, -0.05) is 0 Å². The van der Waals surface area contributed by atoms with Gasteiger partial charge < -0.3 is 10.0 Å². The van der Waals surface area contributed by atoms with Crippen LogP contribution >= 0.6 is 11.8 Å². The Bertz CT molecular complexity index is 162. The van der Waals surface area contributed by atoms with Gasteiger partial charge in [-0.05, 0) is 30.4 Å². The fraction of sp³-hybridized carbons (Fsp3) is 1.00. The van der Waals surface area contributed by atoms with Gasteiger partial charge in [0.2, 0.25) is 0 Å². The highest BCUT2D eigenvalue weighted by molar-refractivity contribution is 7.99. The maximum atomic E-state index is 8.59. The number of aliphatic hydroxyl groups is 1. The molecule has 1 saturated heterocycles. The van der Waals surface area contributed by atoms with Crippen molar-refractivity contribution >= 4 is 11.8 Å². The summed E-state index contributed by atoms with van der Waals surface area (Å²) < 4.78 is 0. The first-order valence-electron chi connectivity index (χ1n) is 5.26. The average molecular weight is 201 g/mol. The molecule has 0 aromatic heterocycles. The minimum absolute atomic E-state index is 0.347. The van der Waals surface area contributed by atoms with Crippen LogP contribution in [0.1, 0.15) is 19.3 Å². The van der Waals surface area contributed by atoms with E-state index in [4.69, 9.17) is 5.11 Å². The van der Waals surface area contributed by atoms with E-state index in [9.17, 15) is 0 Å². The first-order chi connectivity index (χ1) is 6.35. The van der Waals surface area contributed by atoms with E-state index in [-0.39, 0.29) is 0 Å². The Morgan fingerprint density at radius 1 is 1.23 bits per heavy atom. The van der Waals surface area contributed by atoms with Crippen LogP contribution in [0.25, 0.3) is 0 Å². The smallest absolute Gasteiger partial charge is 0.0438 e. The van der Waals surface area contributed by atoms with Gasteiger partial charge in [-0.3, -0.25) is 0 Å². The van der Waals surface area contributed by atoms with E-state index in [1.165, 1.54) is 38.2 Å². The molecule has 2 fully saturated rings. The van der Waals surface area contributed by atoms with E-state index in [0.29, 0.717) is 6.61 Å². The van der Waals surface area contributed by atoms with Gasteiger partial charge in [0.15, 0.2) is 0 Å². The molecule has 1 aliphatic heterocycles. The van der Waals surface area contributed by atoms with Crippen LogP contribution in [0.2, 0.25) is 0 Å². The zero-order chi connectivity index (χ0) is 9.15. The van der Waals surface area contributed by atoms with Crippen LogP contribution in [0.15, 0.2) is 0 Å². The zero-order valence-corrected chi connectivity index (χ0v) is 8.98. The van der Waals surface area contributed by atoms with Gasteiger partial charge in [-0.15, -0.1) is 0 Å².